The van der Waals surface area contributed by atoms with E-state index in [1.54, 1.807) is 6.07 Å². The van der Waals surface area contributed by atoms with Gasteiger partial charge in [-0.05, 0) is 29.7 Å². The van der Waals surface area contributed by atoms with Crippen molar-refractivity contribution < 1.29 is 0 Å². The minimum atomic E-state index is -0.0509. The van der Waals surface area contributed by atoms with Crippen LogP contribution in [0.3, 0.4) is 0 Å². The van der Waals surface area contributed by atoms with Crippen molar-refractivity contribution in [1.29, 1.82) is 0 Å². The number of aromatic nitrogens is 1. The van der Waals surface area contributed by atoms with Gasteiger partial charge in [0.05, 0.1) is 5.69 Å². The summed E-state index contributed by atoms with van der Waals surface area (Å²) in [5.41, 5.74) is 4.34. The number of H-pyrrole nitrogens is 1. The molecule has 1 aliphatic heterocycles. The van der Waals surface area contributed by atoms with Crippen LogP contribution < -0.4 is 10.5 Å². The Morgan fingerprint density at radius 2 is 1.75 bits per heavy atom. The molecule has 0 unspecified atom stereocenters. The van der Waals surface area contributed by atoms with E-state index < -0.39 is 0 Å². The van der Waals surface area contributed by atoms with E-state index in [2.05, 4.69) is 53.2 Å². The molecule has 20 heavy (non-hydrogen) atoms. The highest BCUT2D eigenvalue weighted by Crippen LogP contribution is 2.24. The van der Waals surface area contributed by atoms with Gasteiger partial charge in [0, 0.05) is 24.8 Å². The maximum absolute atomic E-state index is 11.5. The van der Waals surface area contributed by atoms with Crippen LogP contribution in [0.4, 0.5) is 5.69 Å². The summed E-state index contributed by atoms with van der Waals surface area (Å²) in [7, 11) is 0. The largest absolute Gasteiger partial charge is 0.364 e. The first-order chi connectivity index (χ1) is 9.78. The third kappa shape index (κ3) is 2.39. The third-order valence-corrected chi connectivity index (χ3v) is 3.73. The van der Waals surface area contributed by atoms with Crippen LogP contribution in [0.2, 0.25) is 0 Å². The summed E-state index contributed by atoms with van der Waals surface area (Å²) in [6, 6.07) is 11.9. The number of aryl methyl sites for hydroxylation is 1. The van der Waals surface area contributed by atoms with Crippen LogP contribution in [0.5, 0.6) is 0 Å². The molecule has 2 aromatic rings. The van der Waals surface area contributed by atoms with Crippen molar-refractivity contribution in [1.82, 2.24) is 4.98 Å². The molecule has 0 aliphatic carbocycles. The number of hydrogen-bond acceptors (Lipinski definition) is 2. The van der Waals surface area contributed by atoms with Gasteiger partial charge in [0.2, 0.25) is 5.56 Å². The van der Waals surface area contributed by atoms with E-state index in [0.29, 0.717) is 0 Å². The molecule has 3 rings (SSSR count). The van der Waals surface area contributed by atoms with Gasteiger partial charge in [-0.15, -0.1) is 0 Å². The Kier molecular flexibility index (Phi) is 3.42. The van der Waals surface area contributed by atoms with Crippen LogP contribution in [0.1, 0.15) is 12.5 Å². The molecule has 1 N–H and O–H groups in total. The number of benzene rings is 1. The standard InChI is InChI=1S/C17H18N2O/c1-2-13-7-10-16(20)18-17(13)14-5-8-15(9-6-14)19-11-3-4-12-19/h3-10H,2,11-12H2,1H3,(H,18,20). The van der Waals surface area contributed by atoms with Crippen molar-refractivity contribution in [2.45, 2.75) is 13.3 Å². The number of nitrogens with zero attached hydrogens (tertiary/aromatic N) is 1. The number of hydrogen-bond donors (Lipinski definition) is 1. The van der Waals surface area contributed by atoms with E-state index in [4.69, 9.17) is 0 Å². The zero-order valence-corrected chi connectivity index (χ0v) is 11.6. The lowest BCUT2D eigenvalue weighted by molar-refractivity contribution is 1.01. The van der Waals surface area contributed by atoms with Crippen LogP contribution in [-0.2, 0) is 6.42 Å². The van der Waals surface area contributed by atoms with Gasteiger partial charge >= 0.3 is 0 Å². The first kappa shape index (κ1) is 12.7. The van der Waals surface area contributed by atoms with Gasteiger partial charge < -0.3 is 9.88 Å². The third-order valence-electron chi connectivity index (χ3n) is 3.73. The second-order valence-corrected chi connectivity index (χ2v) is 5.00. The van der Waals surface area contributed by atoms with Crippen LogP contribution >= 0.6 is 0 Å². The topological polar surface area (TPSA) is 36.1 Å². The smallest absolute Gasteiger partial charge is 0.248 e. The molecule has 0 saturated heterocycles. The van der Waals surface area contributed by atoms with E-state index in [1.807, 2.05) is 6.07 Å². The zero-order valence-electron chi connectivity index (χ0n) is 11.6. The van der Waals surface area contributed by atoms with Gasteiger partial charge in [0.25, 0.3) is 0 Å². The van der Waals surface area contributed by atoms with E-state index in [-0.39, 0.29) is 5.56 Å². The quantitative estimate of drug-likeness (QED) is 0.867. The van der Waals surface area contributed by atoms with Crippen LogP contribution in [0.15, 0.2) is 53.3 Å². The Morgan fingerprint density at radius 1 is 1.05 bits per heavy atom. The molecule has 3 nitrogen and oxygen atoms in total. The molecular weight excluding hydrogens is 248 g/mol. The average molecular weight is 266 g/mol. The van der Waals surface area contributed by atoms with Crippen molar-refractivity contribution >= 4 is 5.69 Å². The highest BCUT2D eigenvalue weighted by Gasteiger charge is 2.09. The molecule has 0 radical (unpaired) electrons. The second-order valence-electron chi connectivity index (χ2n) is 5.00. The molecule has 0 bridgehead atoms. The summed E-state index contributed by atoms with van der Waals surface area (Å²) < 4.78 is 0. The van der Waals surface area contributed by atoms with Gasteiger partial charge in [0.15, 0.2) is 0 Å². The molecule has 3 heteroatoms. The number of rotatable bonds is 3. The van der Waals surface area contributed by atoms with Crippen molar-refractivity contribution in [3.63, 3.8) is 0 Å². The molecule has 1 aromatic carbocycles. The van der Waals surface area contributed by atoms with E-state index >= 15 is 0 Å². The predicted octanol–water partition coefficient (Wildman–Crippen LogP) is 2.98. The maximum Gasteiger partial charge on any atom is 0.248 e. The molecule has 0 spiro atoms. The molecule has 1 aromatic heterocycles. The van der Waals surface area contributed by atoms with E-state index in [1.165, 1.54) is 11.3 Å². The van der Waals surface area contributed by atoms with Gasteiger partial charge in [-0.3, -0.25) is 4.79 Å². The van der Waals surface area contributed by atoms with Crippen molar-refractivity contribution in [2.75, 3.05) is 18.0 Å². The molecular formula is C17H18N2O. The lowest BCUT2D eigenvalue weighted by Crippen LogP contribution is -2.18. The van der Waals surface area contributed by atoms with Crippen molar-refractivity contribution in [3.8, 4) is 11.3 Å². The fraction of sp³-hybridized carbons (Fsp3) is 0.235. The zero-order chi connectivity index (χ0) is 13.9. The highest BCUT2D eigenvalue weighted by atomic mass is 16.1. The minimum Gasteiger partial charge on any atom is -0.364 e. The Labute approximate surface area is 118 Å². The summed E-state index contributed by atoms with van der Waals surface area (Å²) in [4.78, 5) is 16.8. The Hall–Kier alpha value is -2.29. The van der Waals surface area contributed by atoms with Crippen molar-refractivity contribution in [3.05, 3.63) is 64.5 Å². The summed E-state index contributed by atoms with van der Waals surface area (Å²) in [5, 5.41) is 0. The van der Waals surface area contributed by atoms with Crippen molar-refractivity contribution in [2.24, 2.45) is 0 Å². The molecule has 1 aliphatic rings. The lowest BCUT2D eigenvalue weighted by atomic mass is 10.0. The molecule has 0 fully saturated rings. The van der Waals surface area contributed by atoms with Crippen LogP contribution in [0.25, 0.3) is 11.3 Å². The summed E-state index contributed by atoms with van der Waals surface area (Å²) in [6.45, 7) is 4.05. The van der Waals surface area contributed by atoms with E-state index in [0.717, 1.165) is 30.8 Å². The first-order valence-corrected chi connectivity index (χ1v) is 7.00. The molecule has 2 heterocycles. The van der Waals surface area contributed by atoms with E-state index in [9.17, 15) is 4.79 Å². The summed E-state index contributed by atoms with van der Waals surface area (Å²) >= 11 is 0. The molecule has 102 valence electrons. The Morgan fingerprint density at radius 3 is 2.40 bits per heavy atom. The van der Waals surface area contributed by atoms with Gasteiger partial charge in [-0.25, -0.2) is 0 Å². The molecule has 0 atom stereocenters. The maximum atomic E-state index is 11.5. The monoisotopic (exact) mass is 266 g/mol. The Balaban J connectivity index is 1.94. The Bertz CT molecular complexity index is 675. The fourth-order valence-electron chi connectivity index (χ4n) is 2.58. The van der Waals surface area contributed by atoms with Gasteiger partial charge in [-0.2, -0.15) is 0 Å². The number of aromatic amines is 1. The molecule has 0 amide bonds. The highest BCUT2D eigenvalue weighted by molar-refractivity contribution is 5.66. The van der Waals surface area contributed by atoms with Gasteiger partial charge in [0.1, 0.15) is 0 Å². The SMILES string of the molecule is CCc1ccc(=O)[nH]c1-c1ccc(N2CC=CC2)cc1. The minimum absolute atomic E-state index is 0.0509. The van der Waals surface area contributed by atoms with Crippen LogP contribution in [-0.4, -0.2) is 18.1 Å². The fourth-order valence-corrected chi connectivity index (χ4v) is 2.58. The lowest BCUT2D eigenvalue weighted by Gasteiger charge is -2.18. The number of anilines is 1. The number of nitrogens with one attached hydrogen (secondary N) is 1. The predicted molar refractivity (Wildman–Crippen MR) is 83.2 cm³/mol. The van der Waals surface area contributed by atoms with Crippen LogP contribution in [0, 0.1) is 0 Å². The normalized spacial score (nSPS) is 13.9. The summed E-state index contributed by atoms with van der Waals surface area (Å²) in [5.74, 6) is 0. The molecule has 0 saturated carbocycles. The van der Waals surface area contributed by atoms with Gasteiger partial charge in [-0.1, -0.05) is 37.3 Å². The summed E-state index contributed by atoms with van der Waals surface area (Å²) in [6.07, 6.45) is 5.26. The second kappa shape index (κ2) is 5.37. The average Bonchev–Trinajstić information content (AvgIpc) is 3.02. The first-order valence-electron chi connectivity index (χ1n) is 7.00. The number of pyridine rings is 1.